The number of imidazole rings is 1. The Balaban J connectivity index is 2.23. The highest BCUT2D eigenvalue weighted by molar-refractivity contribution is 5.79. The van der Waals surface area contributed by atoms with Crippen molar-refractivity contribution in [2.45, 2.75) is 6.92 Å². The van der Waals surface area contributed by atoms with Crippen molar-refractivity contribution in [3.8, 4) is 11.3 Å². The van der Waals surface area contributed by atoms with Crippen LogP contribution in [0.15, 0.2) is 27.4 Å². The Kier molecular flexibility index (Phi) is 1.85. The third-order valence-corrected chi connectivity index (χ3v) is 2.60. The molecule has 3 aromatic rings. The minimum atomic E-state index is -0.463. The number of nitrogens with two attached hydrogens (primary N) is 1. The standard InChI is InChI=1S/C11H10N4O2/c1-5-9(15-10(12)13-5)6-2-3-7-8(4-6)17-11(16)14-7/h2-4H,1H3,(H,14,16)(H3,12,13,15). The van der Waals surface area contributed by atoms with Crippen molar-refractivity contribution < 1.29 is 4.42 Å². The molecule has 1 aromatic carbocycles. The van der Waals surface area contributed by atoms with Gasteiger partial charge in [0, 0.05) is 11.3 Å². The number of hydrogen-bond acceptors (Lipinski definition) is 4. The summed E-state index contributed by atoms with van der Waals surface area (Å²) in [5.41, 5.74) is 9.25. The van der Waals surface area contributed by atoms with Crippen molar-refractivity contribution in [1.82, 2.24) is 15.0 Å². The van der Waals surface area contributed by atoms with Gasteiger partial charge in [0.1, 0.15) is 0 Å². The second-order valence-corrected chi connectivity index (χ2v) is 3.82. The first kappa shape index (κ1) is 9.71. The molecule has 6 heteroatoms. The molecule has 17 heavy (non-hydrogen) atoms. The second-order valence-electron chi connectivity index (χ2n) is 3.82. The van der Waals surface area contributed by atoms with E-state index in [0.29, 0.717) is 17.0 Å². The number of benzene rings is 1. The molecule has 0 unspecified atom stereocenters. The molecule has 0 fully saturated rings. The Labute approximate surface area is 95.5 Å². The number of H-pyrrole nitrogens is 2. The summed E-state index contributed by atoms with van der Waals surface area (Å²) in [6.45, 7) is 1.89. The molecule has 0 saturated heterocycles. The van der Waals surface area contributed by atoms with Crippen LogP contribution in [0.25, 0.3) is 22.4 Å². The summed E-state index contributed by atoms with van der Waals surface area (Å²) in [4.78, 5) is 20.7. The Morgan fingerprint density at radius 2 is 2.18 bits per heavy atom. The maximum absolute atomic E-state index is 11.0. The minimum absolute atomic E-state index is 0.369. The third kappa shape index (κ3) is 1.50. The first-order valence-corrected chi connectivity index (χ1v) is 5.09. The molecule has 0 bridgehead atoms. The number of oxazole rings is 1. The summed E-state index contributed by atoms with van der Waals surface area (Å²) < 4.78 is 5.00. The number of rotatable bonds is 1. The topological polar surface area (TPSA) is 101 Å². The van der Waals surface area contributed by atoms with Gasteiger partial charge in [0.25, 0.3) is 0 Å². The predicted octanol–water partition coefficient (Wildman–Crippen LogP) is 1.40. The van der Waals surface area contributed by atoms with Crippen LogP contribution in [-0.2, 0) is 0 Å². The average molecular weight is 230 g/mol. The highest BCUT2D eigenvalue weighted by Gasteiger charge is 2.09. The zero-order chi connectivity index (χ0) is 12.0. The number of aromatic amines is 2. The van der Waals surface area contributed by atoms with Gasteiger partial charge >= 0.3 is 5.76 Å². The lowest BCUT2D eigenvalue weighted by atomic mass is 10.1. The summed E-state index contributed by atoms with van der Waals surface area (Å²) in [7, 11) is 0. The van der Waals surface area contributed by atoms with Crippen LogP contribution in [0.5, 0.6) is 0 Å². The van der Waals surface area contributed by atoms with Gasteiger partial charge in [-0.25, -0.2) is 9.78 Å². The Hall–Kier alpha value is -2.50. The monoisotopic (exact) mass is 230 g/mol. The molecule has 0 saturated carbocycles. The van der Waals surface area contributed by atoms with E-state index in [9.17, 15) is 4.79 Å². The number of aromatic nitrogens is 3. The molecule has 0 radical (unpaired) electrons. The number of nitrogens with one attached hydrogen (secondary N) is 2. The average Bonchev–Trinajstić information content (AvgIpc) is 2.78. The van der Waals surface area contributed by atoms with Gasteiger partial charge in [0.2, 0.25) is 0 Å². The normalized spacial score (nSPS) is 11.1. The zero-order valence-electron chi connectivity index (χ0n) is 9.07. The Morgan fingerprint density at radius 1 is 1.35 bits per heavy atom. The van der Waals surface area contributed by atoms with E-state index >= 15 is 0 Å². The fraction of sp³-hybridized carbons (Fsp3) is 0.0909. The summed E-state index contributed by atoms with van der Waals surface area (Å²) in [5, 5.41) is 0. The zero-order valence-corrected chi connectivity index (χ0v) is 9.07. The van der Waals surface area contributed by atoms with E-state index in [-0.39, 0.29) is 0 Å². The molecule has 0 atom stereocenters. The number of nitrogen functional groups attached to an aromatic ring is 1. The summed E-state index contributed by atoms with van der Waals surface area (Å²) in [5.74, 6) is -0.0940. The fourth-order valence-electron chi connectivity index (χ4n) is 1.86. The van der Waals surface area contributed by atoms with Crippen LogP contribution in [0.4, 0.5) is 5.95 Å². The van der Waals surface area contributed by atoms with E-state index in [1.54, 1.807) is 12.1 Å². The maximum Gasteiger partial charge on any atom is 0.417 e. The molecule has 0 aliphatic heterocycles. The van der Waals surface area contributed by atoms with E-state index < -0.39 is 5.76 Å². The van der Waals surface area contributed by atoms with Gasteiger partial charge in [-0.2, -0.15) is 0 Å². The van der Waals surface area contributed by atoms with Crippen LogP contribution >= 0.6 is 0 Å². The van der Waals surface area contributed by atoms with Gasteiger partial charge in [0.05, 0.1) is 11.2 Å². The van der Waals surface area contributed by atoms with E-state index in [4.69, 9.17) is 10.2 Å². The number of fused-ring (bicyclic) bond motifs is 1. The van der Waals surface area contributed by atoms with Gasteiger partial charge < -0.3 is 15.1 Å². The molecule has 86 valence electrons. The highest BCUT2D eigenvalue weighted by atomic mass is 16.4. The number of aryl methyl sites for hydroxylation is 1. The van der Waals surface area contributed by atoms with Gasteiger partial charge in [-0.05, 0) is 19.1 Å². The van der Waals surface area contributed by atoms with E-state index in [1.165, 1.54) is 0 Å². The lowest BCUT2D eigenvalue weighted by Crippen LogP contribution is -1.92. The molecule has 2 aromatic heterocycles. The molecular weight excluding hydrogens is 220 g/mol. The lowest BCUT2D eigenvalue weighted by Gasteiger charge is -1.97. The van der Waals surface area contributed by atoms with Crippen molar-refractivity contribution in [2.24, 2.45) is 0 Å². The van der Waals surface area contributed by atoms with E-state index in [0.717, 1.165) is 17.0 Å². The molecule has 0 aliphatic rings. The Bertz CT molecular complexity index is 750. The summed E-state index contributed by atoms with van der Waals surface area (Å²) in [6.07, 6.45) is 0. The second kappa shape index (κ2) is 3.24. The summed E-state index contributed by atoms with van der Waals surface area (Å²) >= 11 is 0. The maximum atomic E-state index is 11.0. The van der Waals surface area contributed by atoms with Crippen LogP contribution in [0, 0.1) is 6.92 Å². The molecule has 2 heterocycles. The molecule has 0 amide bonds. The predicted molar refractivity (Wildman–Crippen MR) is 63.6 cm³/mol. The molecule has 4 N–H and O–H groups in total. The van der Waals surface area contributed by atoms with Crippen LogP contribution in [0.2, 0.25) is 0 Å². The molecule has 3 rings (SSSR count). The van der Waals surface area contributed by atoms with Crippen LogP contribution in [0.3, 0.4) is 0 Å². The van der Waals surface area contributed by atoms with E-state index in [2.05, 4.69) is 15.0 Å². The van der Waals surface area contributed by atoms with Crippen LogP contribution in [0.1, 0.15) is 5.69 Å². The fourth-order valence-corrected chi connectivity index (χ4v) is 1.86. The molecular formula is C11H10N4O2. The molecule has 0 aliphatic carbocycles. The first-order valence-electron chi connectivity index (χ1n) is 5.09. The highest BCUT2D eigenvalue weighted by Crippen LogP contribution is 2.24. The van der Waals surface area contributed by atoms with Crippen molar-refractivity contribution in [3.05, 3.63) is 34.4 Å². The number of nitrogens with zero attached hydrogens (tertiary/aromatic N) is 1. The lowest BCUT2D eigenvalue weighted by molar-refractivity contribution is 0.555. The van der Waals surface area contributed by atoms with Gasteiger partial charge in [-0.15, -0.1) is 0 Å². The number of anilines is 1. The van der Waals surface area contributed by atoms with Crippen LogP contribution < -0.4 is 11.5 Å². The largest absolute Gasteiger partial charge is 0.417 e. The van der Waals surface area contributed by atoms with Crippen molar-refractivity contribution in [1.29, 1.82) is 0 Å². The quantitative estimate of drug-likeness (QED) is 0.588. The SMILES string of the molecule is Cc1[nH]c(N)nc1-c1ccc2[nH]c(=O)oc2c1. The van der Waals surface area contributed by atoms with Crippen LogP contribution in [-0.4, -0.2) is 15.0 Å². The number of hydrogen-bond donors (Lipinski definition) is 3. The molecule has 0 spiro atoms. The molecule has 6 nitrogen and oxygen atoms in total. The first-order chi connectivity index (χ1) is 8.13. The van der Waals surface area contributed by atoms with E-state index in [1.807, 2.05) is 13.0 Å². The van der Waals surface area contributed by atoms with Crippen molar-refractivity contribution in [2.75, 3.05) is 5.73 Å². The smallest absolute Gasteiger partial charge is 0.408 e. The summed E-state index contributed by atoms with van der Waals surface area (Å²) in [6, 6.07) is 5.39. The van der Waals surface area contributed by atoms with Crippen molar-refractivity contribution >= 4 is 17.0 Å². The van der Waals surface area contributed by atoms with Crippen molar-refractivity contribution in [3.63, 3.8) is 0 Å². The third-order valence-electron chi connectivity index (χ3n) is 2.60. The van der Waals surface area contributed by atoms with Gasteiger partial charge in [-0.3, -0.25) is 4.98 Å². The van der Waals surface area contributed by atoms with Gasteiger partial charge in [0.15, 0.2) is 11.5 Å². The Morgan fingerprint density at radius 3 is 2.88 bits per heavy atom. The minimum Gasteiger partial charge on any atom is -0.408 e. The van der Waals surface area contributed by atoms with Gasteiger partial charge in [-0.1, -0.05) is 6.07 Å².